The van der Waals surface area contributed by atoms with E-state index in [1.807, 2.05) is 0 Å². The van der Waals surface area contributed by atoms with Crippen LogP contribution in [0.1, 0.15) is 32.1 Å². The summed E-state index contributed by atoms with van der Waals surface area (Å²) < 4.78 is 0. The molecule has 3 N–H and O–H groups in total. The van der Waals surface area contributed by atoms with Gasteiger partial charge in [0.05, 0.1) is 6.10 Å². The molecule has 82 valence electrons. The predicted molar refractivity (Wildman–Crippen MR) is 54.7 cm³/mol. The number of hydrogen-bond acceptors (Lipinski definition) is 3. The van der Waals surface area contributed by atoms with Crippen LogP contribution in [0.25, 0.3) is 0 Å². The van der Waals surface area contributed by atoms with Crippen molar-refractivity contribution in [1.29, 1.82) is 0 Å². The lowest BCUT2D eigenvalue weighted by Crippen LogP contribution is -2.41. The lowest BCUT2D eigenvalue weighted by atomic mass is 10.1. The summed E-state index contributed by atoms with van der Waals surface area (Å²) in [5, 5.41) is 9.37. The van der Waals surface area contributed by atoms with E-state index in [0.29, 0.717) is 13.0 Å². The van der Waals surface area contributed by atoms with Gasteiger partial charge in [0.25, 0.3) is 0 Å². The number of nitrogens with two attached hydrogens (primary N) is 1. The van der Waals surface area contributed by atoms with Crippen LogP contribution in [-0.4, -0.2) is 41.7 Å². The van der Waals surface area contributed by atoms with Crippen LogP contribution in [0.15, 0.2) is 0 Å². The fourth-order valence-corrected chi connectivity index (χ4v) is 1.74. The maximum Gasteiger partial charge on any atom is 0.222 e. The van der Waals surface area contributed by atoms with Crippen molar-refractivity contribution in [2.24, 2.45) is 5.73 Å². The lowest BCUT2D eigenvalue weighted by Gasteiger charge is -2.26. The fraction of sp³-hybridized carbons (Fsp3) is 0.900. The van der Waals surface area contributed by atoms with E-state index >= 15 is 0 Å². The second-order valence-electron chi connectivity index (χ2n) is 3.89. The van der Waals surface area contributed by atoms with Crippen LogP contribution >= 0.6 is 0 Å². The number of likely N-dealkylation sites (tertiary alicyclic amines) is 1. The van der Waals surface area contributed by atoms with E-state index in [-0.39, 0.29) is 12.5 Å². The third-order valence-corrected chi connectivity index (χ3v) is 2.62. The Balaban J connectivity index is 2.41. The number of carbonyl (C=O) groups is 1. The minimum Gasteiger partial charge on any atom is -0.390 e. The van der Waals surface area contributed by atoms with Crippen molar-refractivity contribution in [3.63, 3.8) is 0 Å². The van der Waals surface area contributed by atoms with Crippen LogP contribution in [0.2, 0.25) is 0 Å². The van der Waals surface area contributed by atoms with E-state index in [1.54, 1.807) is 4.90 Å². The molecular weight excluding hydrogens is 180 g/mol. The standard InChI is InChI=1S/C10H20N2O2/c11-7-9(13)8-12-6-4-2-1-3-5-10(12)14/h9,13H,1-8,11H2. The number of aliphatic hydroxyl groups excluding tert-OH is 1. The van der Waals surface area contributed by atoms with Crippen molar-refractivity contribution in [3.05, 3.63) is 0 Å². The zero-order chi connectivity index (χ0) is 10.4. The summed E-state index contributed by atoms with van der Waals surface area (Å²) in [6.45, 7) is 1.40. The van der Waals surface area contributed by atoms with E-state index in [1.165, 1.54) is 6.42 Å². The van der Waals surface area contributed by atoms with Gasteiger partial charge < -0.3 is 15.7 Å². The highest BCUT2D eigenvalue weighted by molar-refractivity contribution is 5.76. The highest BCUT2D eigenvalue weighted by atomic mass is 16.3. The highest BCUT2D eigenvalue weighted by Crippen LogP contribution is 2.11. The Labute approximate surface area is 85.1 Å². The normalized spacial score (nSPS) is 21.6. The molecule has 0 bridgehead atoms. The lowest BCUT2D eigenvalue weighted by molar-refractivity contribution is -0.133. The van der Waals surface area contributed by atoms with Crippen molar-refractivity contribution in [3.8, 4) is 0 Å². The summed E-state index contributed by atoms with van der Waals surface area (Å²) in [6.07, 6.45) is 4.41. The SMILES string of the molecule is NCC(O)CN1CCCCCCC1=O. The van der Waals surface area contributed by atoms with Crippen molar-refractivity contribution < 1.29 is 9.90 Å². The molecule has 0 aromatic heterocycles. The molecule has 0 radical (unpaired) electrons. The van der Waals surface area contributed by atoms with Crippen molar-refractivity contribution in [2.75, 3.05) is 19.6 Å². The van der Waals surface area contributed by atoms with Crippen LogP contribution in [-0.2, 0) is 4.79 Å². The largest absolute Gasteiger partial charge is 0.390 e. The Morgan fingerprint density at radius 3 is 2.79 bits per heavy atom. The summed E-state index contributed by atoms with van der Waals surface area (Å²) in [7, 11) is 0. The molecular formula is C10H20N2O2. The zero-order valence-corrected chi connectivity index (χ0v) is 8.61. The highest BCUT2D eigenvalue weighted by Gasteiger charge is 2.17. The first kappa shape index (κ1) is 11.5. The molecule has 4 nitrogen and oxygen atoms in total. The minimum absolute atomic E-state index is 0.164. The molecule has 0 spiro atoms. The molecule has 1 amide bonds. The third-order valence-electron chi connectivity index (χ3n) is 2.62. The van der Waals surface area contributed by atoms with Crippen LogP contribution in [0.4, 0.5) is 0 Å². The molecule has 1 fully saturated rings. The molecule has 1 unspecified atom stereocenters. The van der Waals surface area contributed by atoms with E-state index in [2.05, 4.69) is 0 Å². The van der Waals surface area contributed by atoms with Gasteiger partial charge in [0, 0.05) is 26.1 Å². The van der Waals surface area contributed by atoms with Crippen LogP contribution in [0.3, 0.4) is 0 Å². The number of β-amino-alcohol motifs (C(OH)–C–C–N with tert-alkyl or cyclic N) is 1. The van der Waals surface area contributed by atoms with Crippen molar-refractivity contribution >= 4 is 5.91 Å². The van der Waals surface area contributed by atoms with Gasteiger partial charge in [0.2, 0.25) is 5.91 Å². The number of hydrogen-bond donors (Lipinski definition) is 2. The second-order valence-corrected chi connectivity index (χ2v) is 3.89. The first-order valence-corrected chi connectivity index (χ1v) is 5.40. The van der Waals surface area contributed by atoms with Gasteiger partial charge in [-0.3, -0.25) is 4.79 Å². The van der Waals surface area contributed by atoms with Crippen LogP contribution in [0.5, 0.6) is 0 Å². The molecule has 1 aliphatic heterocycles. The number of rotatable bonds is 3. The van der Waals surface area contributed by atoms with Gasteiger partial charge in [-0.15, -0.1) is 0 Å². The molecule has 1 atom stereocenters. The number of amides is 1. The monoisotopic (exact) mass is 200 g/mol. The fourth-order valence-electron chi connectivity index (χ4n) is 1.74. The van der Waals surface area contributed by atoms with Gasteiger partial charge >= 0.3 is 0 Å². The zero-order valence-electron chi connectivity index (χ0n) is 8.61. The molecule has 1 saturated heterocycles. The maximum absolute atomic E-state index is 11.6. The first-order chi connectivity index (χ1) is 6.74. The van der Waals surface area contributed by atoms with E-state index < -0.39 is 6.10 Å². The molecule has 0 aromatic carbocycles. The van der Waals surface area contributed by atoms with Crippen molar-refractivity contribution in [1.82, 2.24) is 4.90 Å². The van der Waals surface area contributed by atoms with E-state index in [9.17, 15) is 9.90 Å². The van der Waals surface area contributed by atoms with Gasteiger partial charge in [-0.05, 0) is 12.8 Å². The maximum atomic E-state index is 11.6. The summed E-state index contributed by atoms with van der Waals surface area (Å²) in [4.78, 5) is 13.3. The van der Waals surface area contributed by atoms with Crippen molar-refractivity contribution in [2.45, 2.75) is 38.2 Å². The summed E-state index contributed by atoms with van der Waals surface area (Å²) in [6, 6.07) is 0. The quantitative estimate of drug-likeness (QED) is 0.679. The summed E-state index contributed by atoms with van der Waals surface area (Å²) in [5.41, 5.74) is 5.32. The first-order valence-electron chi connectivity index (χ1n) is 5.40. The van der Waals surface area contributed by atoms with E-state index in [0.717, 1.165) is 25.8 Å². The topological polar surface area (TPSA) is 66.6 Å². The Kier molecular flexibility index (Phi) is 4.90. The van der Waals surface area contributed by atoms with Gasteiger partial charge in [-0.1, -0.05) is 12.8 Å². The average Bonchev–Trinajstić information content (AvgIpc) is 2.17. The molecule has 1 heterocycles. The second kappa shape index (κ2) is 5.98. The molecule has 0 saturated carbocycles. The summed E-state index contributed by atoms with van der Waals surface area (Å²) in [5.74, 6) is 0.164. The van der Waals surface area contributed by atoms with Gasteiger partial charge in [0.1, 0.15) is 0 Å². The van der Waals surface area contributed by atoms with Crippen LogP contribution in [0, 0.1) is 0 Å². The van der Waals surface area contributed by atoms with Gasteiger partial charge in [0.15, 0.2) is 0 Å². The Bertz CT molecular complexity index is 185. The Morgan fingerprint density at radius 2 is 2.07 bits per heavy atom. The smallest absolute Gasteiger partial charge is 0.222 e. The van der Waals surface area contributed by atoms with Gasteiger partial charge in [-0.25, -0.2) is 0 Å². The molecule has 0 aliphatic carbocycles. The number of nitrogens with zero attached hydrogens (tertiary/aromatic N) is 1. The average molecular weight is 200 g/mol. The molecule has 14 heavy (non-hydrogen) atoms. The number of carbonyl (C=O) groups excluding carboxylic acids is 1. The predicted octanol–water partition coefficient (Wildman–Crippen LogP) is 0.0987. The molecule has 1 aliphatic rings. The summed E-state index contributed by atoms with van der Waals surface area (Å²) >= 11 is 0. The van der Waals surface area contributed by atoms with E-state index in [4.69, 9.17) is 5.73 Å². The minimum atomic E-state index is -0.571. The third kappa shape index (κ3) is 3.64. The molecule has 1 rings (SSSR count). The Morgan fingerprint density at radius 1 is 1.36 bits per heavy atom. The molecule has 0 aromatic rings. The van der Waals surface area contributed by atoms with Gasteiger partial charge in [-0.2, -0.15) is 0 Å². The number of aliphatic hydroxyl groups is 1. The van der Waals surface area contributed by atoms with Crippen LogP contribution < -0.4 is 5.73 Å². The Hall–Kier alpha value is -0.610. The molecule has 4 heteroatoms.